The first-order chi connectivity index (χ1) is 13.9. The van der Waals surface area contributed by atoms with Gasteiger partial charge in [-0.15, -0.1) is 0 Å². The van der Waals surface area contributed by atoms with Gasteiger partial charge in [0.05, 0.1) is 17.7 Å². The fraction of sp³-hybridized carbons (Fsp3) is 0.429. The number of piperidine rings is 1. The molecule has 4 rings (SSSR count). The Labute approximate surface area is 169 Å². The largest absolute Gasteiger partial charge is 0.366 e. The van der Waals surface area contributed by atoms with E-state index in [1.807, 2.05) is 19.9 Å². The zero-order chi connectivity index (χ0) is 20.4. The van der Waals surface area contributed by atoms with Crippen LogP contribution in [-0.2, 0) is 0 Å². The van der Waals surface area contributed by atoms with E-state index < -0.39 is 0 Å². The van der Waals surface area contributed by atoms with E-state index in [0.717, 1.165) is 38.3 Å². The maximum absolute atomic E-state index is 13.7. The Balaban J connectivity index is 1.50. The van der Waals surface area contributed by atoms with Crippen molar-refractivity contribution in [1.82, 2.24) is 24.3 Å². The van der Waals surface area contributed by atoms with Crippen LogP contribution in [0, 0.1) is 22.6 Å². The van der Waals surface area contributed by atoms with Gasteiger partial charge in [0.15, 0.2) is 5.82 Å². The normalized spacial score (nSPS) is 17.9. The Hall–Kier alpha value is -3.05. The number of hydrogen-bond donors (Lipinski definition) is 1. The minimum Gasteiger partial charge on any atom is -0.366 e. The molecule has 1 fully saturated rings. The molecule has 7 nitrogen and oxygen atoms in total. The molecule has 1 aliphatic rings. The molecule has 0 unspecified atom stereocenters. The molecule has 150 valence electrons. The first kappa shape index (κ1) is 19.3. The van der Waals surface area contributed by atoms with Gasteiger partial charge in [-0.05, 0) is 51.4 Å². The van der Waals surface area contributed by atoms with Crippen LogP contribution in [0.25, 0.3) is 17.2 Å². The fourth-order valence-electron chi connectivity index (χ4n) is 3.80. The SMILES string of the molecule is CC(C)(C#N)CN1CCC[C@@H](Nc2ccnc(-c3cnc4ccc(F)cn34)n2)C1. The number of nitrogens with one attached hydrogen (secondary N) is 1. The number of anilines is 1. The zero-order valence-electron chi connectivity index (χ0n) is 16.6. The van der Waals surface area contributed by atoms with Gasteiger partial charge in [-0.1, -0.05) is 0 Å². The average Bonchev–Trinajstić information content (AvgIpc) is 3.11. The third kappa shape index (κ3) is 4.35. The number of rotatable bonds is 5. The van der Waals surface area contributed by atoms with Crippen LogP contribution in [-0.4, -0.2) is 49.9 Å². The molecule has 0 saturated carbocycles. The predicted molar refractivity (Wildman–Crippen MR) is 109 cm³/mol. The zero-order valence-corrected chi connectivity index (χ0v) is 16.6. The molecule has 0 amide bonds. The van der Waals surface area contributed by atoms with Crippen molar-refractivity contribution in [2.75, 3.05) is 25.0 Å². The minimum atomic E-state index is -0.359. The smallest absolute Gasteiger partial charge is 0.180 e. The highest BCUT2D eigenvalue weighted by atomic mass is 19.1. The van der Waals surface area contributed by atoms with E-state index in [-0.39, 0.29) is 17.3 Å². The highest BCUT2D eigenvalue weighted by Gasteiger charge is 2.26. The van der Waals surface area contributed by atoms with Gasteiger partial charge in [0, 0.05) is 31.5 Å². The van der Waals surface area contributed by atoms with Crippen LogP contribution in [0.15, 0.2) is 36.8 Å². The molecule has 1 aliphatic heterocycles. The van der Waals surface area contributed by atoms with Crippen molar-refractivity contribution < 1.29 is 4.39 Å². The van der Waals surface area contributed by atoms with E-state index in [2.05, 4.69) is 31.2 Å². The molecule has 1 atom stereocenters. The van der Waals surface area contributed by atoms with Crippen LogP contribution in [0.2, 0.25) is 0 Å². The number of halogens is 1. The molecule has 0 aromatic carbocycles. The summed E-state index contributed by atoms with van der Waals surface area (Å²) in [6, 6.07) is 7.47. The van der Waals surface area contributed by atoms with Crippen LogP contribution in [0.5, 0.6) is 0 Å². The van der Waals surface area contributed by atoms with Crippen molar-refractivity contribution in [3.05, 3.63) is 42.6 Å². The molecule has 0 aliphatic carbocycles. The van der Waals surface area contributed by atoms with Crippen LogP contribution in [0.3, 0.4) is 0 Å². The summed E-state index contributed by atoms with van der Waals surface area (Å²) in [6.07, 6.45) is 6.85. The standard InChI is InChI=1S/C21H24FN7/c1-21(2,13-23)14-28-9-3-4-16(12-28)26-18-7-8-24-20(27-18)17-10-25-19-6-5-15(22)11-29(17)19/h5-8,10-11,16H,3-4,9,12,14H2,1-2H3,(H,24,26,27)/t16-/m1/s1. The topological polar surface area (TPSA) is 82.1 Å². The number of imidazole rings is 1. The lowest BCUT2D eigenvalue weighted by Crippen LogP contribution is -2.45. The number of nitriles is 1. The van der Waals surface area contributed by atoms with Crippen molar-refractivity contribution >= 4 is 11.5 Å². The van der Waals surface area contributed by atoms with Crippen molar-refractivity contribution in [3.8, 4) is 17.6 Å². The monoisotopic (exact) mass is 393 g/mol. The van der Waals surface area contributed by atoms with Crippen LogP contribution in [0.1, 0.15) is 26.7 Å². The molecular formula is C21H24FN7. The van der Waals surface area contributed by atoms with Crippen LogP contribution < -0.4 is 5.32 Å². The summed E-state index contributed by atoms with van der Waals surface area (Å²) < 4.78 is 15.3. The second-order valence-electron chi connectivity index (χ2n) is 8.20. The first-order valence-corrected chi connectivity index (χ1v) is 9.80. The van der Waals surface area contributed by atoms with E-state index in [0.29, 0.717) is 17.2 Å². The Kier molecular flexibility index (Phi) is 5.16. The molecule has 1 N–H and O–H groups in total. The van der Waals surface area contributed by atoms with Gasteiger partial charge >= 0.3 is 0 Å². The Morgan fingerprint density at radius 3 is 3.00 bits per heavy atom. The second kappa shape index (κ2) is 7.76. The summed E-state index contributed by atoms with van der Waals surface area (Å²) >= 11 is 0. The third-order valence-electron chi connectivity index (χ3n) is 5.13. The van der Waals surface area contributed by atoms with E-state index in [1.165, 1.54) is 12.3 Å². The van der Waals surface area contributed by atoms with Crippen molar-refractivity contribution in [1.29, 1.82) is 5.26 Å². The van der Waals surface area contributed by atoms with Crippen LogP contribution >= 0.6 is 0 Å². The molecule has 4 heterocycles. The van der Waals surface area contributed by atoms with Crippen molar-refractivity contribution in [2.24, 2.45) is 5.41 Å². The molecule has 0 radical (unpaired) electrons. The molecule has 29 heavy (non-hydrogen) atoms. The van der Waals surface area contributed by atoms with Gasteiger partial charge in [-0.2, -0.15) is 5.26 Å². The van der Waals surface area contributed by atoms with Gasteiger partial charge in [-0.25, -0.2) is 19.3 Å². The van der Waals surface area contributed by atoms with Crippen LogP contribution in [0.4, 0.5) is 10.2 Å². The number of pyridine rings is 1. The molecule has 3 aromatic rings. The van der Waals surface area contributed by atoms with E-state index in [4.69, 9.17) is 0 Å². The Morgan fingerprint density at radius 2 is 2.17 bits per heavy atom. The Bertz CT molecular complexity index is 1050. The molecule has 3 aromatic heterocycles. The summed E-state index contributed by atoms with van der Waals surface area (Å²) in [7, 11) is 0. The van der Waals surface area contributed by atoms with Crippen molar-refractivity contribution in [2.45, 2.75) is 32.7 Å². The van der Waals surface area contributed by atoms with Gasteiger partial charge in [0.2, 0.25) is 0 Å². The molecular weight excluding hydrogens is 369 g/mol. The van der Waals surface area contributed by atoms with Gasteiger partial charge in [-0.3, -0.25) is 9.30 Å². The third-order valence-corrected chi connectivity index (χ3v) is 5.13. The lowest BCUT2D eigenvalue weighted by atomic mass is 9.93. The molecule has 1 saturated heterocycles. The number of fused-ring (bicyclic) bond motifs is 1. The lowest BCUT2D eigenvalue weighted by molar-refractivity contribution is 0.173. The van der Waals surface area contributed by atoms with E-state index >= 15 is 0 Å². The highest BCUT2D eigenvalue weighted by molar-refractivity contribution is 5.58. The summed E-state index contributed by atoms with van der Waals surface area (Å²) in [5.74, 6) is 0.882. The Morgan fingerprint density at radius 1 is 1.31 bits per heavy atom. The number of aromatic nitrogens is 4. The minimum absolute atomic E-state index is 0.251. The number of likely N-dealkylation sites (tertiary alicyclic amines) is 1. The van der Waals surface area contributed by atoms with Gasteiger partial charge in [0.25, 0.3) is 0 Å². The van der Waals surface area contributed by atoms with Crippen molar-refractivity contribution in [3.63, 3.8) is 0 Å². The van der Waals surface area contributed by atoms with E-state index in [1.54, 1.807) is 22.9 Å². The first-order valence-electron chi connectivity index (χ1n) is 9.80. The fourth-order valence-corrected chi connectivity index (χ4v) is 3.80. The second-order valence-corrected chi connectivity index (χ2v) is 8.20. The number of hydrogen-bond acceptors (Lipinski definition) is 6. The van der Waals surface area contributed by atoms with Gasteiger partial charge in [0.1, 0.15) is 23.0 Å². The number of nitrogens with zero attached hydrogens (tertiary/aromatic N) is 6. The quantitative estimate of drug-likeness (QED) is 0.716. The van der Waals surface area contributed by atoms with Gasteiger partial charge < -0.3 is 5.32 Å². The summed E-state index contributed by atoms with van der Waals surface area (Å²) in [4.78, 5) is 15.6. The predicted octanol–water partition coefficient (Wildman–Crippen LogP) is 3.36. The molecule has 8 heteroatoms. The summed E-state index contributed by atoms with van der Waals surface area (Å²) in [5, 5.41) is 12.8. The lowest BCUT2D eigenvalue weighted by Gasteiger charge is -2.36. The summed E-state index contributed by atoms with van der Waals surface area (Å²) in [5.41, 5.74) is 0.929. The summed E-state index contributed by atoms with van der Waals surface area (Å²) in [6.45, 7) is 6.57. The maximum atomic E-state index is 13.7. The highest BCUT2D eigenvalue weighted by Crippen LogP contribution is 2.22. The maximum Gasteiger partial charge on any atom is 0.180 e. The average molecular weight is 393 g/mol. The molecule has 0 spiro atoms. The molecule has 0 bridgehead atoms. The van der Waals surface area contributed by atoms with E-state index in [9.17, 15) is 9.65 Å².